The predicted molar refractivity (Wildman–Crippen MR) is 68.7 cm³/mol. The lowest BCUT2D eigenvalue weighted by atomic mass is 9.93. The van der Waals surface area contributed by atoms with Gasteiger partial charge in [-0.1, -0.05) is 46.0 Å². The normalized spacial score (nSPS) is 11.9. The average molecular weight is 241 g/mol. The van der Waals surface area contributed by atoms with Crippen molar-refractivity contribution in [3.8, 4) is 0 Å². The standard InChI is InChI=1S/C11H19N3OS/c1-6(2)9(15)14-10-13-7(8(12)16-10)11(3,4)5/h6H,12H2,1-5H3,(H,13,14,15). The third kappa shape index (κ3) is 2.95. The number of nitrogens with two attached hydrogens (primary N) is 1. The molecule has 3 N–H and O–H groups in total. The molecule has 0 unspecified atom stereocenters. The first-order chi connectivity index (χ1) is 7.21. The van der Waals surface area contributed by atoms with Crippen LogP contribution in [0.1, 0.15) is 40.3 Å². The summed E-state index contributed by atoms with van der Waals surface area (Å²) in [5.74, 6) is -0.0857. The monoisotopic (exact) mass is 241 g/mol. The number of amides is 1. The molecule has 1 aromatic rings. The van der Waals surface area contributed by atoms with E-state index in [0.717, 1.165) is 5.69 Å². The zero-order valence-corrected chi connectivity index (χ0v) is 11.2. The van der Waals surface area contributed by atoms with Gasteiger partial charge < -0.3 is 11.1 Å². The topological polar surface area (TPSA) is 68.0 Å². The molecule has 1 amide bonds. The molecule has 4 nitrogen and oxygen atoms in total. The molecule has 90 valence electrons. The van der Waals surface area contributed by atoms with Crippen LogP contribution >= 0.6 is 11.3 Å². The van der Waals surface area contributed by atoms with Crippen LogP contribution < -0.4 is 11.1 Å². The third-order valence-corrected chi connectivity index (χ3v) is 2.92. The number of carbonyl (C=O) groups excluding carboxylic acids is 1. The molecular weight excluding hydrogens is 222 g/mol. The van der Waals surface area contributed by atoms with Gasteiger partial charge in [-0.25, -0.2) is 4.98 Å². The lowest BCUT2D eigenvalue weighted by Gasteiger charge is -2.15. The van der Waals surface area contributed by atoms with Crippen molar-refractivity contribution in [1.82, 2.24) is 4.98 Å². The van der Waals surface area contributed by atoms with Crippen LogP contribution in [0.15, 0.2) is 0 Å². The second kappa shape index (κ2) is 4.41. The third-order valence-electron chi connectivity index (χ3n) is 2.12. The molecule has 0 saturated carbocycles. The van der Waals surface area contributed by atoms with Gasteiger partial charge in [-0.2, -0.15) is 0 Å². The molecule has 16 heavy (non-hydrogen) atoms. The molecule has 0 spiro atoms. The summed E-state index contributed by atoms with van der Waals surface area (Å²) in [4.78, 5) is 15.9. The molecular formula is C11H19N3OS. The lowest BCUT2D eigenvalue weighted by Crippen LogP contribution is -2.18. The lowest BCUT2D eigenvalue weighted by molar-refractivity contribution is -0.118. The van der Waals surface area contributed by atoms with Crippen molar-refractivity contribution < 1.29 is 4.79 Å². The van der Waals surface area contributed by atoms with Crippen molar-refractivity contribution in [2.24, 2.45) is 5.92 Å². The number of nitrogens with zero attached hydrogens (tertiary/aromatic N) is 1. The van der Waals surface area contributed by atoms with Crippen molar-refractivity contribution in [2.45, 2.75) is 40.0 Å². The van der Waals surface area contributed by atoms with Crippen LogP contribution in [0.5, 0.6) is 0 Å². The van der Waals surface area contributed by atoms with Crippen LogP contribution in [0.2, 0.25) is 0 Å². The summed E-state index contributed by atoms with van der Waals surface area (Å²) in [6.07, 6.45) is 0. The van der Waals surface area contributed by atoms with E-state index in [9.17, 15) is 4.79 Å². The van der Waals surface area contributed by atoms with Gasteiger partial charge in [0.15, 0.2) is 5.13 Å². The summed E-state index contributed by atoms with van der Waals surface area (Å²) in [6, 6.07) is 0. The maximum atomic E-state index is 11.5. The van der Waals surface area contributed by atoms with E-state index in [-0.39, 0.29) is 17.2 Å². The molecule has 0 atom stereocenters. The summed E-state index contributed by atoms with van der Waals surface area (Å²) in [7, 11) is 0. The Morgan fingerprint density at radius 1 is 1.44 bits per heavy atom. The van der Waals surface area contributed by atoms with Crippen molar-refractivity contribution >= 4 is 27.4 Å². The van der Waals surface area contributed by atoms with Gasteiger partial charge in [0.05, 0.1) is 5.69 Å². The van der Waals surface area contributed by atoms with E-state index in [0.29, 0.717) is 10.1 Å². The quantitative estimate of drug-likeness (QED) is 0.836. The minimum atomic E-state index is -0.0958. The maximum Gasteiger partial charge on any atom is 0.228 e. The highest BCUT2D eigenvalue weighted by Crippen LogP contribution is 2.34. The van der Waals surface area contributed by atoms with Crippen LogP contribution in [-0.4, -0.2) is 10.9 Å². The molecule has 5 heteroatoms. The van der Waals surface area contributed by atoms with Crippen LogP contribution in [0.25, 0.3) is 0 Å². The van der Waals surface area contributed by atoms with Crippen molar-refractivity contribution in [2.75, 3.05) is 11.1 Å². The van der Waals surface area contributed by atoms with Gasteiger partial charge in [-0.3, -0.25) is 4.79 Å². The Bertz CT molecular complexity index is 390. The van der Waals surface area contributed by atoms with Gasteiger partial charge in [-0.15, -0.1) is 0 Å². The number of nitrogen functional groups attached to an aromatic ring is 1. The first kappa shape index (κ1) is 13.0. The van der Waals surface area contributed by atoms with E-state index >= 15 is 0 Å². The van der Waals surface area contributed by atoms with Crippen LogP contribution in [-0.2, 0) is 10.2 Å². The SMILES string of the molecule is CC(C)C(=O)Nc1nc(C(C)(C)C)c(N)s1. The van der Waals surface area contributed by atoms with E-state index < -0.39 is 0 Å². The van der Waals surface area contributed by atoms with Crippen LogP contribution in [0.3, 0.4) is 0 Å². The fraction of sp³-hybridized carbons (Fsp3) is 0.636. The van der Waals surface area contributed by atoms with E-state index in [4.69, 9.17) is 5.73 Å². The fourth-order valence-electron chi connectivity index (χ4n) is 1.17. The molecule has 0 saturated heterocycles. The smallest absolute Gasteiger partial charge is 0.228 e. The minimum absolute atomic E-state index is 0.0331. The summed E-state index contributed by atoms with van der Waals surface area (Å²) < 4.78 is 0. The number of aromatic nitrogens is 1. The second-order valence-electron chi connectivity index (χ2n) is 5.13. The van der Waals surface area contributed by atoms with E-state index in [2.05, 4.69) is 10.3 Å². The summed E-state index contributed by atoms with van der Waals surface area (Å²) in [6.45, 7) is 9.83. The molecule has 1 aromatic heterocycles. The van der Waals surface area contributed by atoms with E-state index in [1.807, 2.05) is 34.6 Å². The number of thiazole rings is 1. The first-order valence-electron chi connectivity index (χ1n) is 5.29. The number of hydrogen-bond donors (Lipinski definition) is 2. The summed E-state index contributed by atoms with van der Waals surface area (Å²) in [5, 5.41) is 4.02. The van der Waals surface area contributed by atoms with Crippen molar-refractivity contribution in [3.05, 3.63) is 5.69 Å². The molecule has 0 aliphatic carbocycles. The number of nitrogens with one attached hydrogen (secondary N) is 1. The Kier molecular flexibility index (Phi) is 3.57. The molecule has 1 heterocycles. The molecule has 1 rings (SSSR count). The van der Waals surface area contributed by atoms with E-state index in [1.165, 1.54) is 11.3 Å². The van der Waals surface area contributed by atoms with E-state index in [1.54, 1.807) is 0 Å². The number of carbonyl (C=O) groups is 1. The Hall–Kier alpha value is -1.10. The van der Waals surface area contributed by atoms with Gasteiger partial charge in [0.2, 0.25) is 5.91 Å². The van der Waals surface area contributed by atoms with Gasteiger partial charge in [-0.05, 0) is 0 Å². The molecule has 0 fully saturated rings. The number of rotatable bonds is 2. The molecule has 0 aliphatic heterocycles. The Labute approximate surface area is 100 Å². The van der Waals surface area contributed by atoms with Gasteiger partial charge in [0.1, 0.15) is 5.00 Å². The highest BCUT2D eigenvalue weighted by atomic mass is 32.1. The zero-order valence-electron chi connectivity index (χ0n) is 10.4. The Morgan fingerprint density at radius 3 is 2.38 bits per heavy atom. The zero-order chi connectivity index (χ0) is 12.5. The van der Waals surface area contributed by atoms with Crippen LogP contribution in [0, 0.1) is 5.92 Å². The second-order valence-corrected chi connectivity index (χ2v) is 6.16. The number of hydrogen-bond acceptors (Lipinski definition) is 4. The Morgan fingerprint density at radius 2 is 2.00 bits per heavy atom. The molecule has 0 aromatic carbocycles. The van der Waals surface area contributed by atoms with Crippen molar-refractivity contribution in [1.29, 1.82) is 0 Å². The fourth-order valence-corrected chi connectivity index (χ4v) is 2.12. The largest absolute Gasteiger partial charge is 0.389 e. The van der Waals surface area contributed by atoms with Gasteiger partial charge in [0, 0.05) is 11.3 Å². The number of anilines is 2. The van der Waals surface area contributed by atoms with Gasteiger partial charge >= 0.3 is 0 Å². The molecule has 0 aliphatic rings. The van der Waals surface area contributed by atoms with Crippen LogP contribution in [0.4, 0.5) is 10.1 Å². The maximum absolute atomic E-state index is 11.5. The average Bonchev–Trinajstić information content (AvgIpc) is 2.45. The van der Waals surface area contributed by atoms with Crippen molar-refractivity contribution in [3.63, 3.8) is 0 Å². The Balaban J connectivity index is 2.90. The molecule has 0 bridgehead atoms. The minimum Gasteiger partial charge on any atom is -0.389 e. The highest BCUT2D eigenvalue weighted by Gasteiger charge is 2.22. The highest BCUT2D eigenvalue weighted by molar-refractivity contribution is 7.19. The van der Waals surface area contributed by atoms with Gasteiger partial charge in [0.25, 0.3) is 0 Å². The predicted octanol–water partition coefficient (Wildman–Crippen LogP) is 2.62. The summed E-state index contributed by atoms with van der Waals surface area (Å²) >= 11 is 1.32. The first-order valence-corrected chi connectivity index (χ1v) is 6.11. The molecule has 0 radical (unpaired) electrons. The summed E-state index contributed by atoms with van der Waals surface area (Å²) in [5.41, 5.74) is 6.63.